The zero-order valence-electron chi connectivity index (χ0n) is 20.4. The van der Waals surface area contributed by atoms with Crippen LogP contribution in [0, 0.1) is 13.8 Å². The molecule has 3 heterocycles. The number of benzene rings is 2. The number of aryl methyl sites for hydroxylation is 2. The number of aromatic nitrogens is 2. The number of nitrogens with one attached hydrogen (secondary N) is 3. The van der Waals surface area contributed by atoms with Crippen molar-refractivity contribution in [1.29, 1.82) is 0 Å². The minimum atomic E-state index is -0.298. The molecule has 8 heteroatoms. The lowest BCUT2D eigenvalue weighted by Crippen LogP contribution is -2.23. The van der Waals surface area contributed by atoms with Crippen LogP contribution < -0.4 is 16.0 Å². The van der Waals surface area contributed by atoms with E-state index in [9.17, 15) is 9.59 Å². The summed E-state index contributed by atoms with van der Waals surface area (Å²) >= 11 is 1.51. The van der Waals surface area contributed by atoms with Crippen LogP contribution in [0.1, 0.15) is 37.4 Å². The summed E-state index contributed by atoms with van der Waals surface area (Å²) in [6.45, 7) is 4.27. The highest BCUT2D eigenvalue weighted by molar-refractivity contribution is 7.17. The summed E-state index contributed by atoms with van der Waals surface area (Å²) in [5, 5.41) is 11.9. The van der Waals surface area contributed by atoms with Gasteiger partial charge in [-0.15, -0.1) is 11.3 Å². The Hall–Kier alpha value is -4.56. The number of thiophene rings is 1. The Balaban J connectivity index is 1.43. The molecule has 0 radical (unpaired) electrons. The third kappa shape index (κ3) is 5.49. The molecule has 0 aliphatic rings. The number of para-hydroxylation sites is 1. The van der Waals surface area contributed by atoms with E-state index < -0.39 is 0 Å². The number of hydrogen-bond acceptors (Lipinski definition) is 6. The van der Waals surface area contributed by atoms with Crippen LogP contribution in [0.25, 0.3) is 10.1 Å². The fourth-order valence-electron chi connectivity index (χ4n) is 3.97. The monoisotopic (exact) mass is 507 g/mol. The summed E-state index contributed by atoms with van der Waals surface area (Å²) in [6, 6.07) is 19.2. The van der Waals surface area contributed by atoms with Crippen molar-refractivity contribution in [3.63, 3.8) is 0 Å². The molecule has 0 aliphatic carbocycles. The van der Waals surface area contributed by atoms with Crippen molar-refractivity contribution in [3.05, 3.63) is 112 Å². The predicted octanol–water partition coefficient (Wildman–Crippen LogP) is 6.23. The SMILES string of the molecule is Cc1cncc(CNC(=O)c2cnc(Nc3ccccc3C)c(NC(=O)c3csc4ccccc34)c2)c1. The molecule has 5 rings (SSSR count). The van der Waals surface area contributed by atoms with Crippen molar-refractivity contribution in [3.8, 4) is 0 Å². The van der Waals surface area contributed by atoms with Crippen molar-refractivity contribution >= 4 is 50.4 Å². The van der Waals surface area contributed by atoms with Crippen LogP contribution in [-0.4, -0.2) is 21.8 Å². The molecule has 2 aromatic carbocycles. The van der Waals surface area contributed by atoms with Gasteiger partial charge in [0.15, 0.2) is 5.82 Å². The van der Waals surface area contributed by atoms with Gasteiger partial charge in [0.1, 0.15) is 0 Å². The van der Waals surface area contributed by atoms with Crippen molar-refractivity contribution < 1.29 is 9.59 Å². The second kappa shape index (κ2) is 10.6. The van der Waals surface area contributed by atoms with Crippen molar-refractivity contribution in [2.24, 2.45) is 0 Å². The first-order valence-electron chi connectivity index (χ1n) is 11.8. The number of pyridine rings is 2. The van der Waals surface area contributed by atoms with Gasteiger partial charge in [0.2, 0.25) is 0 Å². The fourth-order valence-corrected chi connectivity index (χ4v) is 4.91. The van der Waals surface area contributed by atoms with E-state index in [0.717, 1.165) is 32.5 Å². The topological polar surface area (TPSA) is 96.0 Å². The number of fused-ring (bicyclic) bond motifs is 1. The first kappa shape index (κ1) is 24.1. The molecule has 0 saturated heterocycles. The number of hydrogen-bond donors (Lipinski definition) is 3. The molecule has 5 aromatic rings. The Morgan fingerprint density at radius 1 is 0.892 bits per heavy atom. The summed E-state index contributed by atoms with van der Waals surface area (Å²) in [5.41, 5.74) is 5.12. The third-order valence-corrected chi connectivity index (χ3v) is 6.87. The molecular formula is C29H25N5O2S. The molecule has 184 valence electrons. The van der Waals surface area contributed by atoms with E-state index in [1.165, 1.54) is 17.5 Å². The van der Waals surface area contributed by atoms with E-state index in [0.29, 0.717) is 29.2 Å². The van der Waals surface area contributed by atoms with E-state index in [1.54, 1.807) is 18.5 Å². The van der Waals surface area contributed by atoms with Crippen LogP contribution in [0.2, 0.25) is 0 Å². The zero-order chi connectivity index (χ0) is 25.8. The van der Waals surface area contributed by atoms with Crippen LogP contribution in [0.5, 0.6) is 0 Å². The first-order valence-corrected chi connectivity index (χ1v) is 12.6. The summed E-state index contributed by atoms with van der Waals surface area (Å²) in [4.78, 5) is 35.0. The van der Waals surface area contributed by atoms with Gasteiger partial charge < -0.3 is 16.0 Å². The van der Waals surface area contributed by atoms with E-state index in [4.69, 9.17) is 0 Å². The molecular weight excluding hydrogens is 482 g/mol. The van der Waals surface area contributed by atoms with Gasteiger partial charge in [-0.1, -0.05) is 42.5 Å². The van der Waals surface area contributed by atoms with Gasteiger partial charge in [0, 0.05) is 46.3 Å². The maximum atomic E-state index is 13.3. The second-order valence-corrected chi connectivity index (χ2v) is 9.62. The Bertz CT molecular complexity index is 1610. The normalized spacial score (nSPS) is 10.8. The summed E-state index contributed by atoms with van der Waals surface area (Å²) in [6.07, 6.45) is 4.98. The second-order valence-electron chi connectivity index (χ2n) is 8.71. The van der Waals surface area contributed by atoms with Gasteiger partial charge in [-0.3, -0.25) is 14.6 Å². The average Bonchev–Trinajstić information content (AvgIpc) is 3.34. The maximum Gasteiger partial charge on any atom is 0.257 e. The number of carbonyl (C=O) groups excluding carboxylic acids is 2. The van der Waals surface area contributed by atoms with Crippen LogP contribution in [-0.2, 0) is 6.54 Å². The van der Waals surface area contributed by atoms with Crippen LogP contribution >= 0.6 is 11.3 Å². The number of anilines is 3. The van der Waals surface area contributed by atoms with E-state index in [-0.39, 0.29) is 11.8 Å². The third-order valence-electron chi connectivity index (χ3n) is 5.91. The van der Waals surface area contributed by atoms with Gasteiger partial charge in [-0.2, -0.15) is 0 Å². The van der Waals surface area contributed by atoms with E-state index in [1.807, 2.05) is 73.8 Å². The minimum absolute atomic E-state index is 0.268. The largest absolute Gasteiger partial charge is 0.348 e. The van der Waals surface area contributed by atoms with Gasteiger partial charge in [-0.05, 0) is 48.7 Å². The Kier molecular flexibility index (Phi) is 6.91. The highest BCUT2D eigenvalue weighted by Gasteiger charge is 2.17. The number of carbonyl (C=O) groups is 2. The van der Waals surface area contributed by atoms with Crippen molar-refractivity contribution in [2.45, 2.75) is 20.4 Å². The molecule has 0 aliphatic heterocycles. The molecule has 7 nitrogen and oxygen atoms in total. The molecule has 37 heavy (non-hydrogen) atoms. The highest BCUT2D eigenvalue weighted by atomic mass is 32.1. The zero-order valence-corrected chi connectivity index (χ0v) is 21.2. The fraction of sp³-hybridized carbons (Fsp3) is 0.103. The van der Waals surface area contributed by atoms with Crippen molar-refractivity contribution in [1.82, 2.24) is 15.3 Å². The van der Waals surface area contributed by atoms with Crippen LogP contribution in [0.15, 0.2) is 84.6 Å². The lowest BCUT2D eigenvalue weighted by atomic mass is 10.1. The Morgan fingerprint density at radius 2 is 1.70 bits per heavy atom. The average molecular weight is 508 g/mol. The Labute approximate surface area is 218 Å². The van der Waals surface area contributed by atoms with Crippen LogP contribution in [0.3, 0.4) is 0 Å². The molecule has 2 amide bonds. The molecule has 0 bridgehead atoms. The van der Waals surface area contributed by atoms with Gasteiger partial charge in [-0.25, -0.2) is 4.98 Å². The summed E-state index contributed by atoms with van der Waals surface area (Å²) in [7, 11) is 0. The highest BCUT2D eigenvalue weighted by Crippen LogP contribution is 2.29. The molecule has 3 N–H and O–H groups in total. The number of nitrogens with zero attached hydrogens (tertiary/aromatic N) is 2. The number of amides is 2. The Morgan fingerprint density at radius 3 is 2.54 bits per heavy atom. The first-order chi connectivity index (χ1) is 18.0. The smallest absolute Gasteiger partial charge is 0.257 e. The molecule has 0 spiro atoms. The quantitative estimate of drug-likeness (QED) is 0.243. The van der Waals surface area contributed by atoms with E-state index >= 15 is 0 Å². The molecule has 0 fully saturated rings. The molecule has 3 aromatic heterocycles. The van der Waals surface area contributed by atoms with E-state index in [2.05, 4.69) is 25.9 Å². The standard InChI is InChI=1S/C29H25N5O2S/c1-18-11-20(14-30-13-18)15-32-28(35)21-12-25(27(31-16-21)33-24-9-5-3-7-19(24)2)34-29(36)23-17-37-26-10-6-4-8-22(23)26/h3-14,16-17H,15H2,1-2H3,(H,31,33)(H,32,35)(H,34,36). The molecule has 0 saturated carbocycles. The summed E-state index contributed by atoms with van der Waals surface area (Å²) in [5.74, 6) is -0.120. The molecule has 0 atom stereocenters. The maximum absolute atomic E-state index is 13.3. The van der Waals surface area contributed by atoms with Crippen molar-refractivity contribution in [2.75, 3.05) is 10.6 Å². The number of rotatable bonds is 7. The predicted molar refractivity (Wildman–Crippen MR) is 149 cm³/mol. The van der Waals surface area contributed by atoms with Gasteiger partial charge in [0.05, 0.1) is 16.8 Å². The lowest BCUT2D eigenvalue weighted by molar-refractivity contribution is 0.0949. The summed E-state index contributed by atoms with van der Waals surface area (Å²) < 4.78 is 1.03. The minimum Gasteiger partial charge on any atom is -0.348 e. The molecule has 0 unspecified atom stereocenters. The lowest BCUT2D eigenvalue weighted by Gasteiger charge is -2.15. The van der Waals surface area contributed by atoms with Crippen LogP contribution in [0.4, 0.5) is 17.2 Å². The van der Waals surface area contributed by atoms with Gasteiger partial charge >= 0.3 is 0 Å². The van der Waals surface area contributed by atoms with Gasteiger partial charge in [0.25, 0.3) is 11.8 Å².